The molecule has 0 aliphatic heterocycles. The first-order valence-corrected chi connectivity index (χ1v) is 6.22. The number of phenols is 1. The summed E-state index contributed by atoms with van der Waals surface area (Å²) < 4.78 is 0. The number of benzene rings is 3. The van der Waals surface area contributed by atoms with Gasteiger partial charge in [-0.2, -0.15) is 0 Å². The summed E-state index contributed by atoms with van der Waals surface area (Å²) >= 11 is 0. The van der Waals surface area contributed by atoms with Gasteiger partial charge in [-0.1, -0.05) is 42.5 Å². The molecule has 3 aromatic carbocycles. The van der Waals surface area contributed by atoms with Crippen molar-refractivity contribution in [1.29, 1.82) is 0 Å². The van der Waals surface area contributed by atoms with Gasteiger partial charge in [0, 0.05) is 5.39 Å². The van der Waals surface area contributed by atoms with E-state index in [0.29, 0.717) is 17.1 Å². The lowest BCUT2D eigenvalue weighted by Crippen LogP contribution is -1.85. The second-order valence-electron chi connectivity index (χ2n) is 4.41. The predicted molar refractivity (Wildman–Crippen MR) is 80.6 cm³/mol. The minimum atomic E-state index is 0.0926. The Kier molecular flexibility index (Phi) is 3.05. The van der Waals surface area contributed by atoms with Gasteiger partial charge < -0.3 is 10.8 Å². The van der Waals surface area contributed by atoms with Crippen LogP contribution >= 0.6 is 0 Å². The molecular weight excluding hydrogens is 250 g/mol. The van der Waals surface area contributed by atoms with Crippen molar-refractivity contribution < 1.29 is 5.11 Å². The van der Waals surface area contributed by atoms with E-state index in [9.17, 15) is 5.11 Å². The number of phenolic OH excluding ortho intramolecular Hbond substituents is 1. The number of hydrogen-bond acceptors (Lipinski definition) is 4. The zero-order valence-electron chi connectivity index (χ0n) is 10.7. The maximum Gasteiger partial charge on any atom is 0.143 e. The van der Waals surface area contributed by atoms with Crippen molar-refractivity contribution in [1.82, 2.24) is 0 Å². The smallest absolute Gasteiger partial charge is 0.143 e. The number of anilines is 1. The van der Waals surface area contributed by atoms with Crippen LogP contribution in [-0.2, 0) is 0 Å². The number of hydrogen-bond donors (Lipinski definition) is 2. The first-order chi connectivity index (χ1) is 9.75. The van der Waals surface area contributed by atoms with Crippen LogP contribution in [0.1, 0.15) is 0 Å². The molecule has 0 radical (unpaired) electrons. The van der Waals surface area contributed by atoms with Crippen molar-refractivity contribution in [3.05, 3.63) is 60.7 Å². The number of fused-ring (bicyclic) bond motifs is 1. The maximum atomic E-state index is 9.69. The van der Waals surface area contributed by atoms with Gasteiger partial charge in [0.05, 0.1) is 5.69 Å². The number of nitrogen functional groups attached to an aromatic ring is 1. The molecule has 0 aliphatic carbocycles. The predicted octanol–water partition coefficient (Wildman–Crippen LogP) is 4.54. The molecule has 0 amide bonds. The highest BCUT2D eigenvalue weighted by Crippen LogP contribution is 2.34. The van der Waals surface area contributed by atoms with Gasteiger partial charge in [-0.05, 0) is 23.6 Å². The number of nitrogens with two attached hydrogens (primary N) is 1. The molecule has 98 valence electrons. The SMILES string of the molecule is Nc1ccc2ccccc2c1N=Nc1ccccc1O. The van der Waals surface area contributed by atoms with Gasteiger partial charge in [0.25, 0.3) is 0 Å². The summed E-state index contributed by atoms with van der Waals surface area (Å²) in [6.45, 7) is 0. The number of nitrogens with zero attached hydrogens (tertiary/aromatic N) is 2. The van der Waals surface area contributed by atoms with E-state index in [1.807, 2.05) is 36.4 Å². The van der Waals surface area contributed by atoms with Crippen LogP contribution in [-0.4, -0.2) is 5.11 Å². The van der Waals surface area contributed by atoms with Crippen LogP contribution in [0, 0.1) is 0 Å². The maximum absolute atomic E-state index is 9.69. The van der Waals surface area contributed by atoms with E-state index in [1.54, 1.807) is 24.3 Å². The van der Waals surface area contributed by atoms with Gasteiger partial charge in [-0.15, -0.1) is 10.2 Å². The first kappa shape index (κ1) is 12.2. The lowest BCUT2D eigenvalue weighted by atomic mass is 10.1. The largest absolute Gasteiger partial charge is 0.506 e. The molecule has 0 fully saturated rings. The van der Waals surface area contributed by atoms with Crippen LogP contribution in [0.5, 0.6) is 5.75 Å². The van der Waals surface area contributed by atoms with Gasteiger partial charge in [0.1, 0.15) is 17.1 Å². The molecule has 0 atom stereocenters. The second-order valence-corrected chi connectivity index (χ2v) is 4.41. The molecule has 4 heteroatoms. The highest BCUT2D eigenvalue weighted by Gasteiger charge is 2.04. The molecule has 3 aromatic rings. The van der Waals surface area contributed by atoms with Gasteiger partial charge >= 0.3 is 0 Å². The zero-order valence-corrected chi connectivity index (χ0v) is 10.7. The van der Waals surface area contributed by atoms with Gasteiger partial charge in [0.2, 0.25) is 0 Å². The van der Waals surface area contributed by atoms with Gasteiger partial charge in [0.15, 0.2) is 0 Å². The third-order valence-electron chi connectivity index (χ3n) is 3.07. The van der Waals surface area contributed by atoms with Crippen LogP contribution in [0.3, 0.4) is 0 Å². The van der Waals surface area contributed by atoms with Gasteiger partial charge in [-0.3, -0.25) is 0 Å². The Bertz CT molecular complexity index is 797. The fourth-order valence-corrected chi connectivity index (χ4v) is 2.04. The third kappa shape index (κ3) is 2.19. The fraction of sp³-hybridized carbons (Fsp3) is 0. The standard InChI is InChI=1S/C16H13N3O/c17-13-10-9-11-5-1-2-6-12(11)16(13)19-18-14-7-3-4-8-15(14)20/h1-10,20H,17H2. The molecule has 4 nitrogen and oxygen atoms in total. The van der Waals surface area contributed by atoms with Crippen LogP contribution in [0.25, 0.3) is 10.8 Å². The number of rotatable bonds is 2. The first-order valence-electron chi connectivity index (χ1n) is 6.22. The molecule has 0 saturated carbocycles. The highest BCUT2D eigenvalue weighted by molar-refractivity contribution is 5.97. The third-order valence-corrected chi connectivity index (χ3v) is 3.07. The zero-order chi connectivity index (χ0) is 13.9. The monoisotopic (exact) mass is 263 g/mol. The lowest BCUT2D eigenvalue weighted by molar-refractivity contribution is 0.476. The summed E-state index contributed by atoms with van der Waals surface area (Å²) in [5.74, 6) is 0.0926. The molecule has 0 heterocycles. The molecular formula is C16H13N3O. The highest BCUT2D eigenvalue weighted by atomic mass is 16.3. The fourth-order valence-electron chi connectivity index (χ4n) is 2.04. The van der Waals surface area contributed by atoms with E-state index in [1.165, 1.54) is 0 Å². The van der Waals surface area contributed by atoms with Crippen molar-refractivity contribution in [2.45, 2.75) is 0 Å². The van der Waals surface area contributed by atoms with Crippen molar-refractivity contribution in [2.24, 2.45) is 10.2 Å². The Morgan fingerprint density at radius 3 is 2.40 bits per heavy atom. The summed E-state index contributed by atoms with van der Waals surface area (Å²) in [5, 5.41) is 20.0. The molecule has 0 aliphatic rings. The normalized spacial score (nSPS) is 11.2. The van der Waals surface area contributed by atoms with E-state index in [0.717, 1.165) is 10.8 Å². The van der Waals surface area contributed by atoms with Gasteiger partial charge in [-0.25, -0.2) is 0 Å². The van der Waals surface area contributed by atoms with Crippen LogP contribution in [0.2, 0.25) is 0 Å². The Morgan fingerprint density at radius 2 is 1.55 bits per heavy atom. The van der Waals surface area contributed by atoms with Crippen molar-refractivity contribution >= 4 is 27.8 Å². The van der Waals surface area contributed by atoms with E-state index in [2.05, 4.69) is 10.2 Å². The Morgan fingerprint density at radius 1 is 0.800 bits per heavy atom. The molecule has 0 saturated heterocycles. The summed E-state index contributed by atoms with van der Waals surface area (Å²) in [7, 11) is 0. The van der Waals surface area contributed by atoms with Crippen molar-refractivity contribution in [3.63, 3.8) is 0 Å². The molecule has 20 heavy (non-hydrogen) atoms. The number of para-hydroxylation sites is 1. The van der Waals surface area contributed by atoms with E-state index in [-0.39, 0.29) is 5.75 Å². The van der Waals surface area contributed by atoms with E-state index < -0.39 is 0 Å². The minimum Gasteiger partial charge on any atom is -0.506 e. The molecule has 0 spiro atoms. The molecule has 0 aromatic heterocycles. The Labute approximate surface area is 116 Å². The van der Waals surface area contributed by atoms with Crippen molar-refractivity contribution in [2.75, 3.05) is 5.73 Å². The molecule has 3 N–H and O–H groups in total. The number of azo groups is 1. The summed E-state index contributed by atoms with van der Waals surface area (Å²) in [6.07, 6.45) is 0. The second kappa shape index (κ2) is 5.01. The lowest BCUT2D eigenvalue weighted by Gasteiger charge is -2.04. The average Bonchev–Trinajstić information content (AvgIpc) is 2.48. The Hall–Kier alpha value is -2.88. The number of aromatic hydroxyl groups is 1. The van der Waals surface area contributed by atoms with Crippen LogP contribution in [0.4, 0.5) is 17.1 Å². The summed E-state index contributed by atoms with van der Waals surface area (Å²) in [5.41, 5.74) is 7.56. The van der Waals surface area contributed by atoms with Crippen LogP contribution in [0.15, 0.2) is 70.9 Å². The Balaban J connectivity index is 2.11. The molecule has 0 bridgehead atoms. The topological polar surface area (TPSA) is 71.0 Å². The quantitative estimate of drug-likeness (QED) is 0.526. The summed E-state index contributed by atoms with van der Waals surface area (Å²) in [4.78, 5) is 0. The van der Waals surface area contributed by atoms with E-state index >= 15 is 0 Å². The van der Waals surface area contributed by atoms with Crippen LogP contribution < -0.4 is 5.73 Å². The molecule has 3 rings (SSSR count). The average molecular weight is 263 g/mol. The van der Waals surface area contributed by atoms with Crippen molar-refractivity contribution in [3.8, 4) is 5.75 Å². The minimum absolute atomic E-state index is 0.0926. The molecule has 0 unspecified atom stereocenters. The van der Waals surface area contributed by atoms with E-state index in [4.69, 9.17) is 5.73 Å². The summed E-state index contributed by atoms with van der Waals surface area (Å²) in [6, 6.07) is 18.4.